The van der Waals surface area contributed by atoms with Crippen LogP contribution in [0.5, 0.6) is 0 Å². The second-order valence-corrected chi connectivity index (χ2v) is 12.7. The first kappa shape index (κ1) is 31.8. The van der Waals surface area contributed by atoms with Gasteiger partial charge in [-0.25, -0.2) is 14.6 Å². The minimum Gasteiger partial charge on any atom is -0.446 e. The molecule has 0 saturated heterocycles. The Morgan fingerprint density at radius 3 is 2.47 bits per heavy atom. The van der Waals surface area contributed by atoms with Crippen molar-refractivity contribution in [1.82, 2.24) is 14.9 Å². The van der Waals surface area contributed by atoms with Gasteiger partial charge in [-0.15, -0.1) is 0 Å². The molecular formula is C36H42N4O5. The van der Waals surface area contributed by atoms with Crippen LogP contribution in [0.15, 0.2) is 73.1 Å². The third kappa shape index (κ3) is 8.94. The van der Waals surface area contributed by atoms with Crippen molar-refractivity contribution in [3.63, 3.8) is 0 Å². The molecule has 1 aliphatic rings. The molecule has 45 heavy (non-hydrogen) atoms. The lowest BCUT2D eigenvalue weighted by Crippen LogP contribution is -2.42. The Morgan fingerprint density at radius 1 is 0.956 bits per heavy atom. The zero-order chi connectivity index (χ0) is 31.8. The molecule has 236 valence electrons. The van der Waals surface area contributed by atoms with Crippen LogP contribution in [0, 0.1) is 0 Å². The highest BCUT2D eigenvalue weighted by Gasteiger charge is 2.27. The van der Waals surface area contributed by atoms with Gasteiger partial charge in [0.25, 0.3) is 0 Å². The van der Waals surface area contributed by atoms with Crippen LogP contribution in [-0.4, -0.2) is 45.8 Å². The number of carbonyl (C=O) groups is 3. The Balaban J connectivity index is 1.16. The number of anilines is 1. The largest absolute Gasteiger partial charge is 0.446 e. The van der Waals surface area contributed by atoms with Gasteiger partial charge in [-0.05, 0) is 101 Å². The molecular weight excluding hydrogens is 568 g/mol. The number of hydrogen-bond acceptors (Lipinski definition) is 6. The SMILES string of the molecule is CC(C)(C)OC(=O)NC1CCC(OC(=O)Nc2cc(CCCCn3cnc4cc(C=O)ccc43)ccc2-c2ccccc2)CC1. The molecule has 9 heteroatoms. The number of carbonyl (C=O) groups excluding carboxylic acids is 3. The van der Waals surface area contributed by atoms with Gasteiger partial charge in [0, 0.05) is 23.7 Å². The van der Waals surface area contributed by atoms with Crippen molar-refractivity contribution in [2.45, 2.75) is 90.0 Å². The number of nitrogens with one attached hydrogen (secondary N) is 2. The second kappa shape index (κ2) is 14.4. The molecule has 1 aliphatic carbocycles. The van der Waals surface area contributed by atoms with Gasteiger partial charge in [-0.2, -0.15) is 0 Å². The second-order valence-electron chi connectivity index (χ2n) is 12.7. The number of hydrogen-bond donors (Lipinski definition) is 2. The van der Waals surface area contributed by atoms with Gasteiger partial charge in [0.1, 0.15) is 18.0 Å². The van der Waals surface area contributed by atoms with Crippen molar-refractivity contribution in [2.75, 3.05) is 5.32 Å². The number of alkyl carbamates (subject to hydrolysis) is 1. The molecule has 1 heterocycles. The van der Waals surface area contributed by atoms with Gasteiger partial charge in [-0.3, -0.25) is 10.1 Å². The van der Waals surface area contributed by atoms with Gasteiger partial charge in [0.15, 0.2) is 0 Å². The zero-order valence-electron chi connectivity index (χ0n) is 26.3. The fraction of sp³-hybridized carbons (Fsp3) is 0.389. The average molecular weight is 611 g/mol. The van der Waals surface area contributed by atoms with Crippen LogP contribution < -0.4 is 10.6 Å². The molecule has 9 nitrogen and oxygen atoms in total. The van der Waals surface area contributed by atoms with Crippen LogP contribution in [0.25, 0.3) is 22.2 Å². The number of benzene rings is 3. The summed E-state index contributed by atoms with van der Waals surface area (Å²) in [5, 5.41) is 5.95. The van der Waals surface area contributed by atoms with Gasteiger partial charge in [-0.1, -0.05) is 42.5 Å². The van der Waals surface area contributed by atoms with Crippen molar-refractivity contribution in [3.05, 3.63) is 84.2 Å². The fourth-order valence-electron chi connectivity index (χ4n) is 5.75. The Morgan fingerprint density at radius 2 is 1.73 bits per heavy atom. The highest BCUT2D eigenvalue weighted by molar-refractivity contribution is 5.92. The Kier molecular flexibility index (Phi) is 10.2. The Hall–Kier alpha value is -4.66. The Bertz CT molecular complexity index is 1620. The standard InChI is InChI=1S/C36H42N4O5/c1-36(2,3)45-35(43)38-28-14-16-29(17-15-28)44-34(42)39-31-21-25(12-18-30(31)27-10-5-4-6-11-27)9-7-8-20-40-24-37-32-22-26(23-41)13-19-33(32)40/h4-6,10-13,18-19,21-24,28-29H,7-9,14-17,20H2,1-3H3,(H,38,43)(H,39,42). The smallest absolute Gasteiger partial charge is 0.411 e. The summed E-state index contributed by atoms with van der Waals surface area (Å²) in [6, 6.07) is 21.8. The molecule has 3 aromatic carbocycles. The van der Waals surface area contributed by atoms with Crippen molar-refractivity contribution < 1.29 is 23.9 Å². The number of unbranched alkanes of at least 4 members (excludes halogenated alkanes) is 1. The lowest BCUT2D eigenvalue weighted by molar-refractivity contribution is 0.0440. The van der Waals surface area contributed by atoms with Crippen molar-refractivity contribution >= 4 is 35.2 Å². The first-order valence-corrected chi connectivity index (χ1v) is 15.7. The number of imidazole rings is 1. The molecule has 2 amide bonds. The molecule has 0 radical (unpaired) electrons. The molecule has 4 aromatic rings. The van der Waals surface area contributed by atoms with E-state index in [0.29, 0.717) is 18.4 Å². The van der Waals surface area contributed by atoms with E-state index in [-0.39, 0.29) is 12.1 Å². The lowest BCUT2D eigenvalue weighted by Gasteiger charge is -2.30. The summed E-state index contributed by atoms with van der Waals surface area (Å²) in [4.78, 5) is 40.7. The van der Waals surface area contributed by atoms with Crippen molar-refractivity contribution in [3.8, 4) is 11.1 Å². The summed E-state index contributed by atoms with van der Waals surface area (Å²) in [5.41, 5.74) is 5.72. The van der Waals surface area contributed by atoms with Crippen molar-refractivity contribution in [1.29, 1.82) is 0 Å². The van der Waals surface area contributed by atoms with E-state index >= 15 is 0 Å². The van der Waals surface area contributed by atoms with E-state index in [2.05, 4.69) is 32.3 Å². The molecule has 0 atom stereocenters. The molecule has 0 bridgehead atoms. The predicted molar refractivity (Wildman–Crippen MR) is 175 cm³/mol. The van der Waals surface area contributed by atoms with E-state index in [0.717, 1.165) is 78.3 Å². The van der Waals surface area contributed by atoms with Gasteiger partial charge < -0.3 is 19.4 Å². The minimum absolute atomic E-state index is 0.00643. The number of amides is 2. The third-order valence-electron chi connectivity index (χ3n) is 7.97. The summed E-state index contributed by atoms with van der Waals surface area (Å²) in [6.45, 7) is 6.34. The maximum Gasteiger partial charge on any atom is 0.411 e. The molecule has 0 spiro atoms. The number of aromatic nitrogens is 2. The van der Waals surface area contributed by atoms with Gasteiger partial charge in [0.05, 0.1) is 23.0 Å². The van der Waals surface area contributed by atoms with Crippen molar-refractivity contribution in [2.24, 2.45) is 0 Å². The van der Waals surface area contributed by atoms with E-state index < -0.39 is 17.8 Å². The highest BCUT2D eigenvalue weighted by atomic mass is 16.6. The topological polar surface area (TPSA) is 112 Å². The van der Waals surface area contributed by atoms with Gasteiger partial charge in [0.2, 0.25) is 0 Å². The molecule has 1 aromatic heterocycles. The van der Waals surface area contributed by atoms with Crippen LogP contribution in [-0.2, 0) is 22.4 Å². The summed E-state index contributed by atoms with van der Waals surface area (Å²) in [7, 11) is 0. The number of fused-ring (bicyclic) bond motifs is 1. The van der Waals surface area contributed by atoms with E-state index in [1.807, 2.05) is 81.7 Å². The minimum atomic E-state index is -0.543. The highest BCUT2D eigenvalue weighted by Crippen LogP contribution is 2.30. The van der Waals surface area contributed by atoms with Crippen LogP contribution >= 0.6 is 0 Å². The summed E-state index contributed by atoms with van der Waals surface area (Å²) in [5.74, 6) is 0. The summed E-state index contributed by atoms with van der Waals surface area (Å²) >= 11 is 0. The molecule has 1 fully saturated rings. The van der Waals surface area contributed by atoms with E-state index in [4.69, 9.17) is 9.47 Å². The van der Waals surface area contributed by atoms with Crippen LogP contribution in [0.1, 0.15) is 75.2 Å². The molecule has 0 aliphatic heterocycles. The van der Waals surface area contributed by atoms with E-state index in [9.17, 15) is 14.4 Å². The summed E-state index contributed by atoms with van der Waals surface area (Å²) in [6.07, 6.45) is 7.11. The number of nitrogens with zero attached hydrogens (tertiary/aromatic N) is 2. The van der Waals surface area contributed by atoms with E-state index in [1.165, 1.54) is 0 Å². The van der Waals surface area contributed by atoms with Crippen LogP contribution in [0.3, 0.4) is 0 Å². The zero-order valence-corrected chi connectivity index (χ0v) is 26.3. The molecule has 2 N–H and O–H groups in total. The number of aldehydes is 1. The number of rotatable bonds is 10. The maximum atomic E-state index is 13.1. The fourth-order valence-corrected chi connectivity index (χ4v) is 5.75. The monoisotopic (exact) mass is 610 g/mol. The van der Waals surface area contributed by atoms with Crippen LogP contribution in [0.2, 0.25) is 0 Å². The number of ether oxygens (including phenoxy) is 2. The lowest BCUT2D eigenvalue weighted by atomic mass is 9.93. The first-order chi connectivity index (χ1) is 21.7. The first-order valence-electron chi connectivity index (χ1n) is 15.7. The molecule has 1 saturated carbocycles. The van der Waals surface area contributed by atoms with Crippen LogP contribution in [0.4, 0.5) is 15.3 Å². The molecule has 0 unspecified atom stereocenters. The normalized spacial score (nSPS) is 16.6. The van der Waals surface area contributed by atoms with E-state index in [1.54, 1.807) is 0 Å². The average Bonchev–Trinajstić information content (AvgIpc) is 3.42. The predicted octanol–water partition coefficient (Wildman–Crippen LogP) is 7.92. The van der Waals surface area contributed by atoms with Gasteiger partial charge >= 0.3 is 12.2 Å². The number of aryl methyl sites for hydroxylation is 2. The Labute approximate surface area is 264 Å². The third-order valence-corrected chi connectivity index (χ3v) is 7.97. The molecule has 5 rings (SSSR count). The summed E-state index contributed by atoms with van der Waals surface area (Å²) < 4.78 is 13.3. The maximum absolute atomic E-state index is 13.1. The quantitative estimate of drug-likeness (QED) is 0.139.